The van der Waals surface area contributed by atoms with Crippen LogP contribution < -0.4 is 14.8 Å². The van der Waals surface area contributed by atoms with Crippen molar-refractivity contribution in [2.75, 3.05) is 27.4 Å². The molecule has 18 heavy (non-hydrogen) atoms. The number of rotatable bonds is 7. The summed E-state index contributed by atoms with van der Waals surface area (Å²) in [7, 11) is 3.26. The molecule has 0 saturated carbocycles. The molecule has 0 heterocycles. The lowest BCUT2D eigenvalue weighted by atomic mass is 10.1. The van der Waals surface area contributed by atoms with Crippen molar-refractivity contribution < 1.29 is 14.6 Å². The first-order valence-corrected chi connectivity index (χ1v) is 5.79. The number of halogens is 1. The van der Waals surface area contributed by atoms with E-state index in [1.165, 1.54) is 0 Å². The number of ether oxygens (including phenoxy) is 2. The summed E-state index contributed by atoms with van der Waals surface area (Å²) in [4.78, 5) is 0. The monoisotopic (exact) mass is 319 g/mol. The van der Waals surface area contributed by atoms with Crippen molar-refractivity contribution in [3.05, 3.63) is 23.8 Å². The molecule has 0 spiro atoms. The molecule has 4 nitrogen and oxygen atoms in total. The van der Waals surface area contributed by atoms with Gasteiger partial charge in [0.1, 0.15) is 11.5 Å². The van der Waals surface area contributed by atoms with E-state index in [0.717, 1.165) is 30.0 Å². The predicted molar refractivity (Wildman–Crippen MR) is 78.1 cm³/mol. The molecule has 0 amide bonds. The molecule has 1 unspecified atom stereocenters. The Morgan fingerprint density at radius 3 is 2.11 bits per heavy atom. The summed E-state index contributed by atoms with van der Waals surface area (Å²) < 4.78 is 10.4. The molecule has 1 rings (SSSR count). The fourth-order valence-electron chi connectivity index (χ4n) is 1.76. The lowest BCUT2D eigenvalue weighted by molar-refractivity contribution is 0.243. The molecule has 2 N–H and O–H groups in total. The van der Waals surface area contributed by atoms with Gasteiger partial charge in [-0.25, -0.2) is 0 Å². The van der Waals surface area contributed by atoms with Gasteiger partial charge in [-0.2, -0.15) is 0 Å². The Hall–Kier alpha value is -0.780. The fourth-order valence-corrected chi connectivity index (χ4v) is 1.76. The van der Waals surface area contributed by atoms with Crippen LogP contribution in [0.15, 0.2) is 18.2 Å². The van der Waals surface area contributed by atoms with Crippen molar-refractivity contribution in [1.82, 2.24) is 5.32 Å². The number of aliphatic hydroxyl groups is 1. The summed E-state index contributed by atoms with van der Waals surface area (Å²) in [6.07, 6.45) is 0.748. The summed E-state index contributed by atoms with van der Waals surface area (Å²) in [6.45, 7) is 2.98. The Labute approximate surface area is 119 Å². The second-order valence-corrected chi connectivity index (χ2v) is 3.86. The molecule has 0 aliphatic heterocycles. The van der Waals surface area contributed by atoms with Crippen LogP contribution in [-0.2, 0) is 6.42 Å². The molecule has 1 aromatic rings. The van der Waals surface area contributed by atoms with Gasteiger partial charge < -0.3 is 19.9 Å². The number of nitrogens with one attached hydrogen (secondary N) is 1. The number of aliphatic hydroxyl groups excluding tert-OH is 1. The maximum absolute atomic E-state index is 9.25. The molecule has 0 aliphatic carbocycles. The van der Waals surface area contributed by atoms with Gasteiger partial charge in [-0.15, -0.1) is 17.0 Å². The van der Waals surface area contributed by atoms with E-state index in [1.54, 1.807) is 14.2 Å². The van der Waals surface area contributed by atoms with Gasteiger partial charge in [-0.1, -0.05) is 6.92 Å². The highest BCUT2D eigenvalue weighted by molar-refractivity contribution is 8.93. The van der Waals surface area contributed by atoms with Gasteiger partial charge in [-0.3, -0.25) is 0 Å². The first-order chi connectivity index (χ1) is 8.23. The predicted octanol–water partition coefficient (Wildman–Crippen LogP) is 1.79. The zero-order valence-corrected chi connectivity index (χ0v) is 12.8. The third kappa shape index (κ3) is 5.25. The Morgan fingerprint density at radius 1 is 1.17 bits per heavy atom. The smallest absolute Gasteiger partial charge is 0.122 e. The van der Waals surface area contributed by atoms with Crippen LogP contribution in [0.4, 0.5) is 0 Å². The topological polar surface area (TPSA) is 50.7 Å². The second kappa shape index (κ2) is 9.19. The summed E-state index contributed by atoms with van der Waals surface area (Å²) in [5.74, 6) is 1.54. The van der Waals surface area contributed by atoms with Crippen LogP contribution in [0.25, 0.3) is 0 Å². The average Bonchev–Trinajstić information content (AvgIpc) is 2.37. The lowest BCUT2D eigenvalue weighted by Crippen LogP contribution is -2.34. The van der Waals surface area contributed by atoms with Gasteiger partial charge in [0.05, 0.1) is 20.8 Å². The maximum Gasteiger partial charge on any atom is 0.122 e. The normalized spacial score (nSPS) is 11.6. The van der Waals surface area contributed by atoms with Crippen LogP contribution in [0, 0.1) is 0 Å². The molecule has 1 atom stereocenters. The van der Waals surface area contributed by atoms with Crippen molar-refractivity contribution >= 4 is 17.0 Å². The molecule has 104 valence electrons. The van der Waals surface area contributed by atoms with E-state index in [2.05, 4.69) is 5.32 Å². The van der Waals surface area contributed by atoms with E-state index < -0.39 is 0 Å². The number of benzene rings is 1. The Kier molecular flexibility index (Phi) is 8.79. The lowest BCUT2D eigenvalue weighted by Gasteiger charge is -2.16. The van der Waals surface area contributed by atoms with Gasteiger partial charge in [0, 0.05) is 12.1 Å². The summed E-state index contributed by atoms with van der Waals surface area (Å²) in [5, 5.41) is 12.5. The number of hydrogen-bond donors (Lipinski definition) is 2. The van der Waals surface area contributed by atoms with E-state index in [9.17, 15) is 5.11 Å². The van der Waals surface area contributed by atoms with Crippen molar-refractivity contribution in [3.8, 4) is 11.5 Å². The minimum Gasteiger partial charge on any atom is -0.497 e. The van der Waals surface area contributed by atoms with Crippen LogP contribution in [0.2, 0.25) is 0 Å². The highest BCUT2D eigenvalue weighted by Crippen LogP contribution is 2.23. The number of hydrogen-bond acceptors (Lipinski definition) is 4. The molecular formula is C13H22BrNO3. The molecule has 0 fully saturated rings. The molecule has 0 aliphatic rings. The Bertz CT molecular complexity index is 325. The molecule has 5 heteroatoms. The number of methoxy groups -OCH3 is 2. The summed E-state index contributed by atoms with van der Waals surface area (Å²) >= 11 is 0. The summed E-state index contributed by atoms with van der Waals surface area (Å²) in [6, 6.07) is 5.83. The van der Waals surface area contributed by atoms with Gasteiger partial charge in [0.2, 0.25) is 0 Å². The molecule has 0 aromatic heterocycles. The first-order valence-electron chi connectivity index (χ1n) is 5.79. The van der Waals surface area contributed by atoms with Crippen LogP contribution >= 0.6 is 17.0 Å². The highest BCUT2D eigenvalue weighted by atomic mass is 79.9. The van der Waals surface area contributed by atoms with Gasteiger partial charge >= 0.3 is 0 Å². The van der Waals surface area contributed by atoms with Crippen molar-refractivity contribution in [2.24, 2.45) is 0 Å². The molecule has 0 saturated heterocycles. The largest absolute Gasteiger partial charge is 0.497 e. The zero-order chi connectivity index (χ0) is 12.7. The van der Waals surface area contributed by atoms with E-state index >= 15 is 0 Å². The Balaban J connectivity index is 0.00000289. The minimum absolute atomic E-state index is 0. The third-order valence-electron chi connectivity index (χ3n) is 2.61. The van der Waals surface area contributed by atoms with Gasteiger partial charge in [0.15, 0.2) is 0 Å². The molecule has 0 radical (unpaired) electrons. The average molecular weight is 320 g/mol. The standard InChI is InChI=1S/C13H21NO3.BrH/c1-4-14-11(9-15)5-10-6-12(16-2)8-13(7-10)17-3;/h6-8,11,14-15H,4-5,9H2,1-3H3;1H. The maximum atomic E-state index is 9.25. The van der Waals surface area contributed by atoms with Crippen LogP contribution in [0.1, 0.15) is 12.5 Å². The summed E-state index contributed by atoms with van der Waals surface area (Å²) in [5.41, 5.74) is 1.08. The van der Waals surface area contributed by atoms with E-state index in [-0.39, 0.29) is 29.6 Å². The SMILES string of the molecule is Br.CCNC(CO)Cc1cc(OC)cc(OC)c1. The van der Waals surface area contributed by atoms with Crippen molar-refractivity contribution in [3.63, 3.8) is 0 Å². The van der Waals surface area contributed by atoms with E-state index in [1.807, 2.05) is 25.1 Å². The molecular weight excluding hydrogens is 298 g/mol. The van der Waals surface area contributed by atoms with E-state index in [4.69, 9.17) is 9.47 Å². The highest BCUT2D eigenvalue weighted by Gasteiger charge is 2.09. The quantitative estimate of drug-likeness (QED) is 0.804. The fraction of sp³-hybridized carbons (Fsp3) is 0.538. The van der Waals surface area contributed by atoms with Crippen LogP contribution in [-0.4, -0.2) is 38.5 Å². The first kappa shape index (κ1) is 17.2. The zero-order valence-electron chi connectivity index (χ0n) is 11.1. The second-order valence-electron chi connectivity index (χ2n) is 3.86. The molecule has 0 bridgehead atoms. The minimum atomic E-state index is 0. The van der Waals surface area contributed by atoms with Crippen LogP contribution in [0.5, 0.6) is 11.5 Å². The molecule has 1 aromatic carbocycles. The Morgan fingerprint density at radius 2 is 1.72 bits per heavy atom. The van der Waals surface area contributed by atoms with Crippen molar-refractivity contribution in [1.29, 1.82) is 0 Å². The van der Waals surface area contributed by atoms with Crippen LogP contribution in [0.3, 0.4) is 0 Å². The van der Waals surface area contributed by atoms with Crippen molar-refractivity contribution in [2.45, 2.75) is 19.4 Å². The van der Waals surface area contributed by atoms with Gasteiger partial charge in [0.25, 0.3) is 0 Å². The third-order valence-corrected chi connectivity index (χ3v) is 2.61. The van der Waals surface area contributed by atoms with Gasteiger partial charge in [-0.05, 0) is 30.7 Å². The van der Waals surface area contributed by atoms with E-state index in [0.29, 0.717) is 0 Å². The number of likely N-dealkylation sites (N-methyl/N-ethyl adjacent to an activating group) is 1.